The standard InChI is InChI=1S/C26H27F4N5O5S/c1-35(2)20-12-16(17-4-3-5-18(25(17)27)26(28,29)30)6-7-21(20)40-24-9-8-22(19(33-24)13-39-15-36)41(37,38)34-23-10-11-31-14-32-23/h3-5,8-11,14-16,20-21H,6-7,12-13H2,1-2H3,(H,31,32,34)/t16-,20-,21-/m0/s1. The zero-order valence-electron chi connectivity index (χ0n) is 22.0. The van der Waals surface area contributed by atoms with Gasteiger partial charge in [0.2, 0.25) is 5.88 Å². The summed E-state index contributed by atoms with van der Waals surface area (Å²) in [6.07, 6.45) is -1.75. The summed E-state index contributed by atoms with van der Waals surface area (Å²) >= 11 is 0. The number of anilines is 1. The number of ether oxygens (including phenoxy) is 2. The van der Waals surface area contributed by atoms with Gasteiger partial charge in [0.15, 0.2) is 0 Å². The number of benzene rings is 1. The number of carbonyl (C=O) groups is 1. The molecule has 4 rings (SSSR count). The Morgan fingerprint density at radius 2 is 1.93 bits per heavy atom. The quantitative estimate of drug-likeness (QED) is 0.271. The van der Waals surface area contributed by atoms with Crippen LogP contribution < -0.4 is 9.46 Å². The molecule has 0 aliphatic heterocycles. The zero-order chi connectivity index (χ0) is 29.8. The molecule has 15 heteroatoms. The van der Waals surface area contributed by atoms with Gasteiger partial charge in [0, 0.05) is 18.3 Å². The van der Waals surface area contributed by atoms with Gasteiger partial charge in [-0.2, -0.15) is 13.2 Å². The number of halogens is 4. The minimum absolute atomic E-state index is 0.00212. The average molecular weight is 598 g/mol. The maximum Gasteiger partial charge on any atom is 0.419 e. The molecule has 1 N–H and O–H groups in total. The van der Waals surface area contributed by atoms with Crippen LogP contribution in [0.2, 0.25) is 0 Å². The maximum absolute atomic E-state index is 14.9. The van der Waals surface area contributed by atoms with Crippen molar-refractivity contribution in [1.82, 2.24) is 19.9 Å². The summed E-state index contributed by atoms with van der Waals surface area (Å²) in [7, 11) is -0.633. The second-order valence-corrected chi connectivity index (χ2v) is 11.3. The molecule has 1 aliphatic rings. The molecule has 0 unspecified atom stereocenters. The van der Waals surface area contributed by atoms with Gasteiger partial charge in [-0.25, -0.2) is 27.8 Å². The van der Waals surface area contributed by atoms with Crippen LogP contribution in [0.5, 0.6) is 5.88 Å². The molecule has 1 aliphatic carbocycles. The molecule has 1 aromatic carbocycles. The van der Waals surface area contributed by atoms with Crippen LogP contribution >= 0.6 is 0 Å². The first-order valence-electron chi connectivity index (χ1n) is 12.4. The predicted octanol–water partition coefficient (Wildman–Crippen LogP) is 4.15. The summed E-state index contributed by atoms with van der Waals surface area (Å²) in [5.41, 5.74) is -1.40. The monoisotopic (exact) mass is 597 g/mol. The molecular weight excluding hydrogens is 570 g/mol. The molecule has 3 atom stereocenters. The molecule has 0 radical (unpaired) electrons. The lowest BCUT2D eigenvalue weighted by molar-refractivity contribution is -0.140. The lowest BCUT2D eigenvalue weighted by Gasteiger charge is -2.39. The zero-order valence-corrected chi connectivity index (χ0v) is 22.8. The van der Waals surface area contributed by atoms with E-state index in [0.717, 1.165) is 6.07 Å². The van der Waals surface area contributed by atoms with E-state index in [0.29, 0.717) is 19.3 Å². The van der Waals surface area contributed by atoms with E-state index in [4.69, 9.17) is 9.47 Å². The highest BCUT2D eigenvalue weighted by atomic mass is 32.2. The number of likely N-dealkylation sites (N-methyl/N-ethyl adjacent to an activating group) is 1. The number of nitrogens with zero attached hydrogens (tertiary/aromatic N) is 4. The number of carbonyl (C=O) groups excluding carboxylic acids is 1. The van der Waals surface area contributed by atoms with Crippen molar-refractivity contribution in [3.8, 4) is 5.88 Å². The number of rotatable bonds is 10. The fraction of sp³-hybridized carbons (Fsp3) is 0.385. The Labute approximate surface area is 233 Å². The molecule has 2 heterocycles. The largest absolute Gasteiger partial charge is 0.473 e. The lowest BCUT2D eigenvalue weighted by atomic mass is 9.78. The van der Waals surface area contributed by atoms with Crippen molar-refractivity contribution in [2.24, 2.45) is 0 Å². The summed E-state index contributed by atoms with van der Waals surface area (Å²) in [5.74, 6) is -1.67. The molecule has 41 heavy (non-hydrogen) atoms. The van der Waals surface area contributed by atoms with Gasteiger partial charge in [-0.05, 0) is 63.0 Å². The number of nitrogens with one attached hydrogen (secondary N) is 1. The molecule has 10 nitrogen and oxygen atoms in total. The lowest BCUT2D eigenvalue weighted by Crippen LogP contribution is -2.46. The van der Waals surface area contributed by atoms with Gasteiger partial charge in [-0.1, -0.05) is 12.1 Å². The molecule has 220 valence electrons. The third-order valence-electron chi connectivity index (χ3n) is 6.77. The molecule has 1 fully saturated rings. The van der Waals surface area contributed by atoms with Crippen LogP contribution in [0.15, 0.2) is 53.8 Å². The highest BCUT2D eigenvalue weighted by Crippen LogP contribution is 2.40. The van der Waals surface area contributed by atoms with Crippen LogP contribution in [0.25, 0.3) is 0 Å². The van der Waals surface area contributed by atoms with Gasteiger partial charge in [0.1, 0.15) is 41.3 Å². The number of hydrogen-bond acceptors (Lipinski definition) is 9. The molecular formula is C26H27F4N5O5S. The predicted molar refractivity (Wildman–Crippen MR) is 138 cm³/mol. The van der Waals surface area contributed by atoms with Crippen LogP contribution in [0, 0.1) is 5.82 Å². The van der Waals surface area contributed by atoms with Gasteiger partial charge in [-0.15, -0.1) is 0 Å². The molecule has 0 amide bonds. The first-order chi connectivity index (χ1) is 19.4. The van der Waals surface area contributed by atoms with Crippen molar-refractivity contribution >= 4 is 22.3 Å². The summed E-state index contributed by atoms with van der Waals surface area (Å²) < 4.78 is 93.9. The smallest absolute Gasteiger partial charge is 0.419 e. The SMILES string of the molecule is CN(C)[C@H]1C[C@@H](c2cccc(C(F)(F)F)c2F)CC[C@@H]1Oc1ccc(S(=O)(=O)Nc2ccncn2)c(COC=O)n1. The Morgan fingerprint density at radius 1 is 1.15 bits per heavy atom. The van der Waals surface area contributed by atoms with Crippen molar-refractivity contribution in [3.05, 3.63) is 71.6 Å². The van der Waals surface area contributed by atoms with E-state index in [1.165, 1.54) is 42.9 Å². The fourth-order valence-corrected chi connectivity index (χ4v) is 6.03. The Balaban J connectivity index is 1.56. The van der Waals surface area contributed by atoms with Crippen molar-refractivity contribution in [3.63, 3.8) is 0 Å². The molecule has 0 spiro atoms. The minimum Gasteiger partial charge on any atom is -0.473 e. The number of hydrogen-bond donors (Lipinski definition) is 1. The van der Waals surface area contributed by atoms with Gasteiger partial charge < -0.3 is 14.4 Å². The van der Waals surface area contributed by atoms with E-state index in [1.807, 2.05) is 4.90 Å². The van der Waals surface area contributed by atoms with E-state index >= 15 is 0 Å². The van der Waals surface area contributed by atoms with Crippen LogP contribution in [0.1, 0.15) is 42.0 Å². The average Bonchev–Trinajstić information content (AvgIpc) is 2.92. The van der Waals surface area contributed by atoms with E-state index in [9.17, 15) is 30.8 Å². The van der Waals surface area contributed by atoms with Crippen molar-refractivity contribution in [2.45, 2.75) is 55.0 Å². The van der Waals surface area contributed by atoms with Gasteiger partial charge in [0.05, 0.1) is 5.56 Å². The van der Waals surface area contributed by atoms with E-state index < -0.39 is 46.2 Å². The van der Waals surface area contributed by atoms with Crippen molar-refractivity contribution < 1.29 is 40.2 Å². The van der Waals surface area contributed by atoms with Crippen molar-refractivity contribution in [2.75, 3.05) is 18.8 Å². The van der Waals surface area contributed by atoms with Gasteiger partial charge >= 0.3 is 6.18 Å². The number of sulfonamides is 1. The normalized spacial score (nSPS) is 19.5. The van der Waals surface area contributed by atoms with E-state index in [2.05, 4.69) is 19.7 Å². The molecule has 3 aromatic rings. The third-order valence-corrected chi connectivity index (χ3v) is 8.20. The highest BCUT2D eigenvalue weighted by Gasteiger charge is 2.39. The first-order valence-corrected chi connectivity index (χ1v) is 13.9. The second kappa shape index (κ2) is 12.3. The summed E-state index contributed by atoms with van der Waals surface area (Å²) in [4.78, 5) is 24.2. The number of alkyl halides is 3. The fourth-order valence-electron chi connectivity index (χ4n) is 4.86. The van der Waals surface area contributed by atoms with E-state index in [-0.39, 0.29) is 40.4 Å². The summed E-state index contributed by atoms with van der Waals surface area (Å²) in [6, 6.07) is 6.93. The Hall–Kier alpha value is -3.85. The summed E-state index contributed by atoms with van der Waals surface area (Å²) in [5, 5.41) is 0. The Bertz CT molecular complexity index is 1470. The molecule has 0 bridgehead atoms. The summed E-state index contributed by atoms with van der Waals surface area (Å²) in [6.45, 7) is -0.306. The van der Waals surface area contributed by atoms with Crippen LogP contribution in [-0.4, -0.2) is 61.0 Å². The maximum atomic E-state index is 14.9. The number of aromatic nitrogens is 3. The van der Waals surface area contributed by atoms with Gasteiger partial charge in [0.25, 0.3) is 16.5 Å². The molecule has 2 aromatic heterocycles. The highest BCUT2D eigenvalue weighted by molar-refractivity contribution is 7.92. The van der Waals surface area contributed by atoms with E-state index in [1.54, 1.807) is 14.1 Å². The molecule has 0 saturated heterocycles. The van der Waals surface area contributed by atoms with Crippen LogP contribution in [0.4, 0.5) is 23.4 Å². The van der Waals surface area contributed by atoms with Crippen molar-refractivity contribution in [1.29, 1.82) is 0 Å². The second-order valence-electron chi connectivity index (χ2n) is 9.61. The van der Waals surface area contributed by atoms with Crippen LogP contribution in [0.3, 0.4) is 0 Å². The Kier molecular flexibility index (Phi) is 9.07. The van der Waals surface area contributed by atoms with Crippen LogP contribution in [-0.2, 0) is 32.3 Å². The third kappa shape index (κ3) is 7.08. The number of pyridine rings is 1. The Morgan fingerprint density at radius 3 is 2.59 bits per heavy atom. The molecule has 1 saturated carbocycles. The minimum atomic E-state index is -4.80. The topological polar surface area (TPSA) is 124 Å². The van der Waals surface area contributed by atoms with Gasteiger partial charge in [-0.3, -0.25) is 9.52 Å². The first kappa shape index (κ1) is 30.1.